The van der Waals surface area contributed by atoms with E-state index in [-0.39, 0.29) is 0 Å². The summed E-state index contributed by atoms with van der Waals surface area (Å²) in [6, 6.07) is 49.8. The third-order valence-electron chi connectivity index (χ3n) is 9.60. The molecule has 3 nitrogen and oxygen atoms in total. The molecule has 0 radical (unpaired) electrons. The van der Waals surface area contributed by atoms with Crippen LogP contribution in [0.25, 0.3) is 103 Å². The summed E-state index contributed by atoms with van der Waals surface area (Å²) >= 11 is 1.85. The van der Waals surface area contributed by atoms with Crippen LogP contribution < -0.4 is 0 Å². The molecule has 4 aromatic heterocycles. The van der Waals surface area contributed by atoms with Gasteiger partial charge in [0.15, 0.2) is 0 Å². The summed E-state index contributed by atoms with van der Waals surface area (Å²) in [5.74, 6) is 0. The van der Waals surface area contributed by atoms with Crippen LogP contribution in [0.3, 0.4) is 0 Å². The second-order valence-electron chi connectivity index (χ2n) is 12.1. The maximum atomic E-state index is 6.69. The molecule has 7 aromatic carbocycles. The molecule has 0 aliphatic rings. The predicted molar refractivity (Wildman–Crippen MR) is 194 cm³/mol. The molecular formula is C42H23NO2S. The van der Waals surface area contributed by atoms with Crippen molar-refractivity contribution in [3.63, 3.8) is 0 Å². The molecule has 0 unspecified atom stereocenters. The Morgan fingerprint density at radius 2 is 1.13 bits per heavy atom. The molecule has 0 saturated carbocycles. The van der Waals surface area contributed by atoms with Gasteiger partial charge in [-0.3, -0.25) is 0 Å². The first-order valence-electron chi connectivity index (χ1n) is 15.5. The fourth-order valence-electron chi connectivity index (χ4n) is 7.56. The number of hydrogen-bond acceptors (Lipinski definition) is 3. The van der Waals surface area contributed by atoms with Crippen LogP contribution in [0.4, 0.5) is 0 Å². The minimum atomic E-state index is 0.888. The molecule has 0 bridgehead atoms. The summed E-state index contributed by atoms with van der Waals surface area (Å²) in [7, 11) is 0. The average Bonchev–Trinajstić information content (AvgIpc) is 3.85. The Kier molecular flexibility index (Phi) is 4.72. The molecule has 0 spiro atoms. The highest BCUT2D eigenvalue weighted by atomic mass is 32.1. The first-order chi connectivity index (χ1) is 22.8. The van der Waals surface area contributed by atoms with Crippen molar-refractivity contribution in [1.82, 2.24) is 4.57 Å². The molecule has 0 atom stereocenters. The van der Waals surface area contributed by atoms with Crippen molar-refractivity contribution in [3.8, 4) is 16.8 Å². The summed E-state index contributed by atoms with van der Waals surface area (Å²) in [6.07, 6.45) is 0. The molecule has 0 amide bonds. The summed E-state index contributed by atoms with van der Waals surface area (Å²) < 4.78 is 18.0. The number of benzene rings is 7. The van der Waals surface area contributed by atoms with E-state index in [1.807, 2.05) is 23.5 Å². The largest absolute Gasteiger partial charge is 0.456 e. The summed E-state index contributed by atoms with van der Waals surface area (Å²) in [4.78, 5) is 0. The standard InChI is InChI=1S/C42H23NO2S/c1-4-16-35-25(9-1)32-23-39-34(26-10-2-5-17-37(26)44-39)22-36(32)43(35)24-19-20-38-33(21-24)29-13-7-12-28(41(29)45-38)31-15-8-14-30-27-11-3-6-18-40(27)46-42(30)31/h1-23H. The zero-order chi connectivity index (χ0) is 29.9. The molecular weight excluding hydrogens is 583 g/mol. The van der Waals surface area contributed by atoms with E-state index in [1.54, 1.807) is 0 Å². The maximum Gasteiger partial charge on any atom is 0.143 e. The SMILES string of the molecule is c1ccc2c(c1)oc1cc3c4ccccc4n(-c4ccc5oc6c(-c7cccc8c7sc7ccccc78)cccc6c5c4)c3cc12. The Morgan fingerprint density at radius 1 is 0.413 bits per heavy atom. The van der Waals surface area contributed by atoms with E-state index < -0.39 is 0 Å². The highest BCUT2D eigenvalue weighted by Gasteiger charge is 2.19. The number of hydrogen-bond donors (Lipinski definition) is 0. The van der Waals surface area contributed by atoms with E-state index in [4.69, 9.17) is 8.83 Å². The molecule has 0 fully saturated rings. The van der Waals surface area contributed by atoms with Gasteiger partial charge in [-0.2, -0.15) is 0 Å². The molecule has 46 heavy (non-hydrogen) atoms. The van der Waals surface area contributed by atoms with Gasteiger partial charge in [0.1, 0.15) is 22.3 Å². The van der Waals surface area contributed by atoms with Crippen molar-refractivity contribution in [1.29, 1.82) is 0 Å². The summed E-state index contributed by atoms with van der Waals surface area (Å²) in [5.41, 5.74) is 9.39. The average molecular weight is 606 g/mol. The van der Waals surface area contributed by atoms with Gasteiger partial charge in [0, 0.05) is 69.3 Å². The molecule has 4 heterocycles. The quantitative estimate of drug-likeness (QED) is 0.196. The Bertz CT molecular complexity index is 3040. The van der Waals surface area contributed by atoms with Gasteiger partial charge < -0.3 is 13.4 Å². The molecule has 11 aromatic rings. The maximum absolute atomic E-state index is 6.69. The Balaban J connectivity index is 1.17. The second kappa shape index (κ2) is 8.87. The van der Waals surface area contributed by atoms with Gasteiger partial charge in [-0.05, 0) is 48.5 Å². The number of thiophene rings is 1. The van der Waals surface area contributed by atoms with Gasteiger partial charge in [0.05, 0.1) is 11.0 Å². The van der Waals surface area contributed by atoms with Gasteiger partial charge >= 0.3 is 0 Å². The van der Waals surface area contributed by atoms with E-state index in [2.05, 4.69) is 132 Å². The molecule has 0 saturated heterocycles. The summed E-state index contributed by atoms with van der Waals surface area (Å²) in [6.45, 7) is 0. The molecule has 214 valence electrons. The fourth-order valence-corrected chi connectivity index (χ4v) is 8.79. The van der Waals surface area contributed by atoms with Crippen molar-refractivity contribution in [2.75, 3.05) is 0 Å². The Hall–Kier alpha value is -5.84. The van der Waals surface area contributed by atoms with Crippen LogP contribution in [-0.2, 0) is 0 Å². The van der Waals surface area contributed by atoms with Crippen molar-refractivity contribution < 1.29 is 8.83 Å². The third kappa shape index (κ3) is 3.21. The number of aromatic nitrogens is 1. The van der Waals surface area contributed by atoms with Crippen LogP contribution in [0.2, 0.25) is 0 Å². The lowest BCUT2D eigenvalue weighted by molar-refractivity contribution is 0.669. The first kappa shape index (κ1) is 24.5. The van der Waals surface area contributed by atoms with Crippen LogP contribution in [0.15, 0.2) is 148 Å². The summed E-state index contributed by atoms with van der Waals surface area (Å²) in [5, 5.41) is 9.47. The van der Waals surface area contributed by atoms with Crippen molar-refractivity contribution in [3.05, 3.63) is 140 Å². The topological polar surface area (TPSA) is 31.2 Å². The van der Waals surface area contributed by atoms with Crippen LogP contribution >= 0.6 is 11.3 Å². The van der Waals surface area contributed by atoms with Crippen LogP contribution in [-0.4, -0.2) is 4.57 Å². The minimum Gasteiger partial charge on any atom is -0.456 e. The zero-order valence-corrected chi connectivity index (χ0v) is 25.3. The minimum absolute atomic E-state index is 0.888. The van der Waals surface area contributed by atoms with Crippen LogP contribution in [0.1, 0.15) is 0 Å². The van der Waals surface area contributed by atoms with Crippen molar-refractivity contribution >= 4 is 97.2 Å². The Labute approximate surface area is 266 Å². The highest BCUT2D eigenvalue weighted by Crippen LogP contribution is 2.44. The van der Waals surface area contributed by atoms with E-state index in [1.165, 1.54) is 42.0 Å². The second-order valence-corrected chi connectivity index (χ2v) is 13.1. The molecule has 0 N–H and O–H groups in total. The fraction of sp³-hybridized carbons (Fsp3) is 0. The van der Waals surface area contributed by atoms with E-state index in [0.717, 1.165) is 60.6 Å². The lowest BCUT2D eigenvalue weighted by Crippen LogP contribution is -1.93. The zero-order valence-electron chi connectivity index (χ0n) is 24.5. The molecule has 0 aliphatic heterocycles. The van der Waals surface area contributed by atoms with Gasteiger partial charge in [-0.15, -0.1) is 11.3 Å². The number of para-hydroxylation sites is 3. The number of fused-ring (bicyclic) bond motifs is 12. The Morgan fingerprint density at radius 3 is 2.07 bits per heavy atom. The highest BCUT2D eigenvalue weighted by molar-refractivity contribution is 7.26. The van der Waals surface area contributed by atoms with Gasteiger partial charge in [-0.25, -0.2) is 0 Å². The third-order valence-corrected chi connectivity index (χ3v) is 10.8. The number of rotatable bonds is 2. The smallest absolute Gasteiger partial charge is 0.143 e. The van der Waals surface area contributed by atoms with E-state index >= 15 is 0 Å². The molecule has 4 heteroatoms. The monoisotopic (exact) mass is 605 g/mol. The van der Waals surface area contributed by atoms with E-state index in [9.17, 15) is 0 Å². The lowest BCUT2D eigenvalue weighted by Gasteiger charge is -2.08. The van der Waals surface area contributed by atoms with Gasteiger partial charge in [0.25, 0.3) is 0 Å². The predicted octanol–water partition coefficient (Wildman–Crippen LogP) is 12.6. The normalized spacial score (nSPS) is 12.3. The van der Waals surface area contributed by atoms with Gasteiger partial charge in [0.2, 0.25) is 0 Å². The van der Waals surface area contributed by atoms with Crippen LogP contribution in [0.5, 0.6) is 0 Å². The van der Waals surface area contributed by atoms with Crippen LogP contribution in [0, 0.1) is 0 Å². The molecule has 0 aliphatic carbocycles. The number of furan rings is 2. The molecule has 11 rings (SSSR count). The van der Waals surface area contributed by atoms with E-state index in [0.29, 0.717) is 0 Å². The van der Waals surface area contributed by atoms with Crippen molar-refractivity contribution in [2.45, 2.75) is 0 Å². The lowest BCUT2D eigenvalue weighted by atomic mass is 10.00. The van der Waals surface area contributed by atoms with Crippen molar-refractivity contribution in [2.24, 2.45) is 0 Å². The van der Waals surface area contributed by atoms with Gasteiger partial charge in [-0.1, -0.05) is 91.0 Å². The first-order valence-corrected chi connectivity index (χ1v) is 16.3. The number of nitrogens with zero attached hydrogens (tertiary/aromatic N) is 1.